The Morgan fingerprint density at radius 3 is 2.65 bits per heavy atom. The average Bonchev–Trinajstić information content (AvgIpc) is 3.04. The number of hydrogen-bond donors (Lipinski definition) is 1. The SMILES string of the molecule is c1ccc2c(c1)CN(Cc1cc(CNC3CC3)no1)C2. The lowest BCUT2D eigenvalue weighted by molar-refractivity contribution is 0.235. The van der Waals surface area contributed by atoms with E-state index in [1.54, 1.807) is 0 Å². The van der Waals surface area contributed by atoms with Crippen LogP contribution in [0, 0.1) is 0 Å². The van der Waals surface area contributed by atoms with Crippen molar-refractivity contribution in [2.45, 2.75) is 45.1 Å². The largest absolute Gasteiger partial charge is 0.360 e. The molecule has 104 valence electrons. The molecule has 2 aromatic rings. The molecule has 0 saturated heterocycles. The summed E-state index contributed by atoms with van der Waals surface area (Å²) in [5.41, 5.74) is 3.88. The third-order valence-corrected chi connectivity index (χ3v) is 4.04. The summed E-state index contributed by atoms with van der Waals surface area (Å²) < 4.78 is 5.45. The van der Waals surface area contributed by atoms with Crippen molar-refractivity contribution in [3.05, 3.63) is 52.9 Å². The molecule has 0 spiro atoms. The Balaban J connectivity index is 1.35. The van der Waals surface area contributed by atoms with Crippen LogP contribution in [0.5, 0.6) is 0 Å². The number of fused-ring (bicyclic) bond motifs is 1. The van der Waals surface area contributed by atoms with Crippen molar-refractivity contribution in [3.63, 3.8) is 0 Å². The van der Waals surface area contributed by atoms with E-state index in [9.17, 15) is 0 Å². The van der Waals surface area contributed by atoms with Crippen LogP contribution in [0.2, 0.25) is 0 Å². The Hall–Kier alpha value is -1.65. The van der Waals surface area contributed by atoms with Gasteiger partial charge in [0.15, 0.2) is 5.76 Å². The number of nitrogens with zero attached hydrogens (tertiary/aromatic N) is 2. The molecule has 1 aromatic carbocycles. The zero-order valence-corrected chi connectivity index (χ0v) is 11.5. The first-order chi connectivity index (χ1) is 9.87. The molecule has 2 aliphatic rings. The van der Waals surface area contributed by atoms with E-state index in [1.807, 2.05) is 0 Å². The van der Waals surface area contributed by atoms with E-state index in [0.29, 0.717) is 6.04 Å². The Kier molecular flexibility index (Phi) is 3.05. The van der Waals surface area contributed by atoms with E-state index in [0.717, 1.165) is 37.6 Å². The highest BCUT2D eigenvalue weighted by Crippen LogP contribution is 2.24. The average molecular weight is 269 g/mol. The van der Waals surface area contributed by atoms with Gasteiger partial charge >= 0.3 is 0 Å². The molecule has 1 saturated carbocycles. The van der Waals surface area contributed by atoms with Gasteiger partial charge in [-0.15, -0.1) is 0 Å². The van der Waals surface area contributed by atoms with E-state index in [2.05, 4.69) is 45.7 Å². The monoisotopic (exact) mass is 269 g/mol. The molecule has 1 aliphatic heterocycles. The molecule has 2 heterocycles. The molecule has 1 N–H and O–H groups in total. The minimum absolute atomic E-state index is 0.711. The number of hydrogen-bond acceptors (Lipinski definition) is 4. The number of benzene rings is 1. The van der Waals surface area contributed by atoms with E-state index < -0.39 is 0 Å². The summed E-state index contributed by atoms with van der Waals surface area (Å²) in [5, 5.41) is 7.60. The van der Waals surface area contributed by atoms with E-state index in [-0.39, 0.29) is 0 Å². The molecule has 0 radical (unpaired) electrons. The number of nitrogens with one attached hydrogen (secondary N) is 1. The van der Waals surface area contributed by atoms with Gasteiger partial charge < -0.3 is 9.84 Å². The highest BCUT2D eigenvalue weighted by atomic mass is 16.5. The van der Waals surface area contributed by atoms with Crippen LogP contribution in [0.4, 0.5) is 0 Å². The van der Waals surface area contributed by atoms with Crippen LogP contribution in [0.1, 0.15) is 35.4 Å². The van der Waals surface area contributed by atoms with Crippen molar-refractivity contribution in [2.75, 3.05) is 0 Å². The van der Waals surface area contributed by atoms with Gasteiger partial charge in [0.05, 0.1) is 12.2 Å². The first kappa shape index (κ1) is 12.1. The standard InChI is InChI=1S/C16H19N3O/c1-2-4-13-10-19(9-12(13)3-1)11-16-7-15(18-20-16)8-17-14-5-6-14/h1-4,7,14,17H,5-6,8-11H2. The van der Waals surface area contributed by atoms with Gasteiger partial charge in [0.25, 0.3) is 0 Å². The van der Waals surface area contributed by atoms with Crippen LogP contribution >= 0.6 is 0 Å². The first-order valence-corrected chi connectivity index (χ1v) is 7.34. The highest BCUT2D eigenvalue weighted by molar-refractivity contribution is 5.30. The topological polar surface area (TPSA) is 41.3 Å². The molecule has 0 atom stereocenters. The maximum Gasteiger partial charge on any atom is 0.151 e. The maximum absolute atomic E-state index is 5.45. The van der Waals surface area contributed by atoms with Crippen LogP contribution in [0.3, 0.4) is 0 Å². The van der Waals surface area contributed by atoms with Gasteiger partial charge in [0.1, 0.15) is 0 Å². The molecule has 0 unspecified atom stereocenters. The Morgan fingerprint density at radius 1 is 1.20 bits per heavy atom. The third-order valence-electron chi connectivity index (χ3n) is 4.04. The molecule has 1 aliphatic carbocycles. The zero-order valence-electron chi connectivity index (χ0n) is 11.5. The lowest BCUT2D eigenvalue weighted by atomic mass is 10.1. The molecule has 1 aromatic heterocycles. The predicted molar refractivity (Wildman–Crippen MR) is 75.8 cm³/mol. The van der Waals surface area contributed by atoms with Crippen molar-refractivity contribution in [1.29, 1.82) is 0 Å². The fourth-order valence-corrected chi connectivity index (χ4v) is 2.79. The molecule has 20 heavy (non-hydrogen) atoms. The Labute approximate surface area is 118 Å². The van der Waals surface area contributed by atoms with E-state index in [1.165, 1.54) is 24.0 Å². The predicted octanol–water partition coefficient (Wildman–Crippen LogP) is 2.44. The van der Waals surface area contributed by atoms with Crippen LogP contribution < -0.4 is 5.32 Å². The van der Waals surface area contributed by atoms with Crippen LogP contribution in [-0.2, 0) is 26.2 Å². The molecule has 4 heteroatoms. The van der Waals surface area contributed by atoms with Crippen molar-refractivity contribution in [3.8, 4) is 0 Å². The van der Waals surface area contributed by atoms with Gasteiger partial charge in [-0.3, -0.25) is 4.90 Å². The van der Waals surface area contributed by atoms with Crippen LogP contribution in [-0.4, -0.2) is 16.1 Å². The molecular weight excluding hydrogens is 250 g/mol. The molecular formula is C16H19N3O. The van der Waals surface area contributed by atoms with Crippen molar-refractivity contribution in [1.82, 2.24) is 15.4 Å². The summed E-state index contributed by atoms with van der Waals surface area (Å²) in [6.45, 7) is 3.68. The smallest absolute Gasteiger partial charge is 0.151 e. The second-order valence-electron chi connectivity index (χ2n) is 5.85. The third kappa shape index (κ3) is 2.62. The second kappa shape index (κ2) is 5.04. The molecule has 4 nitrogen and oxygen atoms in total. The summed E-state index contributed by atoms with van der Waals surface area (Å²) >= 11 is 0. The van der Waals surface area contributed by atoms with Gasteiger partial charge in [-0.2, -0.15) is 0 Å². The lowest BCUT2D eigenvalue weighted by Crippen LogP contribution is -2.16. The number of rotatable bonds is 5. The Bertz CT molecular complexity index is 578. The van der Waals surface area contributed by atoms with Crippen molar-refractivity contribution >= 4 is 0 Å². The summed E-state index contributed by atoms with van der Waals surface area (Å²) in [5.74, 6) is 0.963. The minimum atomic E-state index is 0.711. The fraction of sp³-hybridized carbons (Fsp3) is 0.438. The molecule has 0 amide bonds. The fourth-order valence-electron chi connectivity index (χ4n) is 2.79. The van der Waals surface area contributed by atoms with Gasteiger partial charge in [-0.05, 0) is 24.0 Å². The van der Waals surface area contributed by atoms with Gasteiger partial charge in [-0.25, -0.2) is 0 Å². The van der Waals surface area contributed by atoms with E-state index >= 15 is 0 Å². The molecule has 1 fully saturated rings. The van der Waals surface area contributed by atoms with Crippen LogP contribution in [0.15, 0.2) is 34.9 Å². The van der Waals surface area contributed by atoms with E-state index in [4.69, 9.17) is 4.52 Å². The van der Waals surface area contributed by atoms with Gasteiger partial charge in [-0.1, -0.05) is 29.4 Å². The molecule has 0 bridgehead atoms. The highest BCUT2D eigenvalue weighted by Gasteiger charge is 2.22. The summed E-state index contributed by atoms with van der Waals surface area (Å²) in [6, 6.07) is 11.4. The normalized spacial score (nSPS) is 18.4. The van der Waals surface area contributed by atoms with Crippen molar-refractivity contribution in [2.24, 2.45) is 0 Å². The van der Waals surface area contributed by atoms with Gasteiger partial charge in [0, 0.05) is 31.7 Å². The zero-order chi connectivity index (χ0) is 13.4. The summed E-state index contributed by atoms with van der Waals surface area (Å²) in [6.07, 6.45) is 2.60. The summed E-state index contributed by atoms with van der Waals surface area (Å²) in [4.78, 5) is 2.39. The Morgan fingerprint density at radius 2 is 1.95 bits per heavy atom. The van der Waals surface area contributed by atoms with Crippen LogP contribution in [0.25, 0.3) is 0 Å². The maximum atomic E-state index is 5.45. The summed E-state index contributed by atoms with van der Waals surface area (Å²) in [7, 11) is 0. The second-order valence-corrected chi connectivity index (χ2v) is 5.85. The van der Waals surface area contributed by atoms with Crippen molar-refractivity contribution < 1.29 is 4.52 Å². The molecule has 4 rings (SSSR count). The minimum Gasteiger partial charge on any atom is -0.360 e. The van der Waals surface area contributed by atoms with Gasteiger partial charge in [0.2, 0.25) is 0 Å². The quantitative estimate of drug-likeness (QED) is 0.905. The lowest BCUT2D eigenvalue weighted by Gasteiger charge is -2.11. The number of aromatic nitrogens is 1. The first-order valence-electron chi connectivity index (χ1n) is 7.34.